The fourth-order valence-corrected chi connectivity index (χ4v) is 2.12. The molecule has 21 heavy (non-hydrogen) atoms. The Morgan fingerprint density at radius 1 is 1.00 bits per heavy atom. The van der Waals surface area contributed by atoms with Crippen molar-refractivity contribution in [1.82, 2.24) is 0 Å². The van der Waals surface area contributed by atoms with Crippen molar-refractivity contribution >= 4 is 5.78 Å². The van der Waals surface area contributed by atoms with Crippen LogP contribution in [0.3, 0.4) is 0 Å². The van der Waals surface area contributed by atoms with Gasteiger partial charge in [0, 0.05) is 6.42 Å². The van der Waals surface area contributed by atoms with E-state index < -0.39 is 17.4 Å². The minimum absolute atomic E-state index is 0.0389. The first-order valence-corrected chi connectivity index (χ1v) is 6.85. The predicted octanol–water partition coefficient (Wildman–Crippen LogP) is 4.69. The summed E-state index contributed by atoms with van der Waals surface area (Å²) in [4.78, 5) is 12.1. The molecule has 0 amide bonds. The van der Waals surface area contributed by atoms with Crippen LogP contribution in [0.25, 0.3) is 0 Å². The van der Waals surface area contributed by atoms with Gasteiger partial charge < -0.3 is 0 Å². The molecule has 3 heteroatoms. The van der Waals surface area contributed by atoms with E-state index in [4.69, 9.17) is 0 Å². The monoisotopic (exact) mass is 288 g/mol. The lowest BCUT2D eigenvalue weighted by Gasteiger charge is -2.19. The van der Waals surface area contributed by atoms with Gasteiger partial charge in [-0.2, -0.15) is 0 Å². The average Bonchev–Trinajstić information content (AvgIpc) is 2.41. The molecule has 0 atom stereocenters. The van der Waals surface area contributed by atoms with Gasteiger partial charge in [-0.25, -0.2) is 8.78 Å². The van der Waals surface area contributed by atoms with Crippen LogP contribution in [0.2, 0.25) is 0 Å². The maximum Gasteiger partial charge on any atom is 0.170 e. The molecule has 2 aromatic rings. The fraction of sp³-hybridized carbons (Fsp3) is 0.278. The van der Waals surface area contributed by atoms with Gasteiger partial charge in [0.05, 0.1) is 5.56 Å². The normalized spacial score (nSPS) is 11.5. The predicted molar refractivity (Wildman–Crippen MR) is 79.5 cm³/mol. The zero-order chi connectivity index (χ0) is 15.6. The number of carbonyl (C=O) groups excluding carboxylic acids is 1. The largest absolute Gasteiger partial charge is 0.294 e. The third kappa shape index (κ3) is 3.54. The maximum absolute atomic E-state index is 13.6. The minimum Gasteiger partial charge on any atom is -0.294 e. The van der Waals surface area contributed by atoms with Gasteiger partial charge in [-0.15, -0.1) is 0 Å². The molecule has 2 aromatic carbocycles. The van der Waals surface area contributed by atoms with Crippen molar-refractivity contribution in [2.24, 2.45) is 0 Å². The molecule has 0 radical (unpaired) electrons. The molecule has 0 saturated heterocycles. The molecule has 0 spiro atoms. The van der Waals surface area contributed by atoms with Crippen LogP contribution >= 0.6 is 0 Å². The van der Waals surface area contributed by atoms with Crippen LogP contribution in [-0.4, -0.2) is 5.78 Å². The third-order valence-corrected chi connectivity index (χ3v) is 3.44. The first-order chi connectivity index (χ1) is 9.79. The molecule has 0 bridgehead atoms. The second-order valence-corrected chi connectivity index (χ2v) is 6.15. The second kappa shape index (κ2) is 5.76. The number of hydrogen-bond acceptors (Lipinski definition) is 1. The molecule has 0 fully saturated rings. The van der Waals surface area contributed by atoms with Crippen LogP contribution in [-0.2, 0) is 11.8 Å². The lowest BCUT2D eigenvalue weighted by Crippen LogP contribution is -2.11. The van der Waals surface area contributed by atoms with E-state index in [1.807, 2.05) is 24.3 Å². The van der Waals surface area contributed by atoms with Gasteiger partial charge in [0.15, 0.2) is 17.4 Å². The topological polar surface area (TPSA) is 17.1 Å². The lowest BCUT2D eigenvalue weighted by molar-refractivity contribution is 0.0988. The van der Waals surface area contributed by atoms with Gasteiger partial charge in [0.1, 0.15) is 0 Å². The zero-order valence-electron chi connectivity index (χ0n) is 12.4. The van der Waals surface area contributed by atoms with Crippen molar-refractivity contribution in [2.75, 3.05) is 0 Å². The van der Waals surface area contributed by atoms with Crippen LogP contribution in [0.15, 0.2) is 42.5 Å². The third-order valence-electron chi connectivity index (χ3n) is 3.44. The van der Waals surface area contributed by atoms with Gasteiger partial charge in [0.2, 0.25) is 0 Å². The first kappa shape index (κ1) is 15.4. The van der Waals surface area contributed by atoms with E-state index in [2.05, 4.69) is 20.8 Å². The van der Waals surface area contributed by atoms with Crippen molar-refractivity contribution in [1.29, 1.82) is 0 Å². The summed E-state index contributed by atoms with van der Waals surface area (Å²) in [5, 5.41) is 0. The molecule has 0 N–H and O–H groups in total. The van der Waals surface area contributed by atoms with Crippen molar-refractivity contribution in [3.05, 3.63) is 70.8 Å². The molecule has 2 rings (SSSR count). The summed E-state index contributed by atoms with van der Waals surface area (Å²) in [5.41, 5.74) is 1.79. The smallest absolute Gasteiger partial charge is 0.170 e. The zero-order valence-corrected chi connectivity index (χ0v) is 12.4. The number of carbonyl (C=O) groups is 1. The van der Waals surface area contributed by atoms with Gasteiger partial charge in [-0.1, -0.05) is 51.1 Å². The molecule has 0 unspecified atom stereocenters. The Morgan fingerprint density at radius 2 is 1.62 bits per heavy atom. The molecule has 0 aromatic heterocycles. The lowest BCUT2D eigenvalue weighted by atomic mass is 9.86. The van der Waals surface area contributed by atoms with Crippen molar-refractivity contribution in [3.63, 3.8) is 0 Å². The maximum atomic E-state index is 13.6. The molecule has 1 nitrogen and oxygen atoms in total. The number of Topliss-reactive ketones (excluding diaryl/α,β-unsaturated/α-hetero) is 1. The van der Waals surface area contributed by atoms with Gasteiger partial charge in [-0.05, 0) is 28.7 Å². The molecule has 110 valence electrons. The Hall–Kier alpha value is -2.03. The highest BCUT2D eigenvalue weighted by molar-refractivity contribution is 5.97. The Kier molecular flexibility index (Phi) is 4.21. The van der Waals surface area contributed by atoms with E-state index in [1.54, 1.807) is 0 Å². The summed E-state index contributed by atoms with van der Waals surface area (Å²) in [7, 11) is 0. The van der Waals surface area contributed by atoms with Crippen LogP contribution < -0.4 is 0 Å². The summed E-state index contributed by atoms with van der Waals surface area (Å²) >= 11 is 0. The van der Waals surface area contributed by atoms with Crippen molar-refractivity contribution in [2.45, 2.75) is 32.6 Å². The summed E-state index contributed by atoms with van der Waals surface area (Å²) in [5.74, 6) is -2.49. The highest BCUT2D eigenvalue weighted by Crippen LogP contribution is 2.23. The molecule has 0 saturated carbocycles. The average molecular weight is 288 g/mol. The molecular formula is C18H18F2O. The van der Waals surface area contributed by atoms with E-state index in [9.17, 15) is 13.6 Å². The van der Waals surface area contributed by atoms with Crippen LogP contribution in [0.4, 0.5) is 8.78 Å². The van der Waals surface area contributed by atoms with Crippen LogP contribution in [0, 0.1) is 11.6 Å². The minimum atomic E-state index is -1.08. The number of benzene rings is 2. The number of ketones is 1. The second-order valence-electron chi connectivity index (χ2n) is 6.15. The molecule has 0 heterocycles. The standard InChI is InChI=1S/C18H18F2O/c1-18(2,3)13-9-7-12(8-10-13)11-16(21)14-5-4-6-15(19)17(14)20/h4-10H,11H2,1-3H3. The quantitative estimate of drug-likeness (QED) is 0.749. The Morgan fingerprint density at radius 3 is 2.19 bits per heavy atom. The first-order valence-electron chi connectivity index (χ1n) is 6.85. The summed E-state index contributed by atoms with van der Waals surface area (Å²) < 4.78 is 26.7. The Balaban J connectivity index is 2.18. The number of halogens is 2. The fourth-order valence-electron chi connectivity index (χ4n) is 2.12. The van der Waals surface area contributed by atoms with Gasteiger partial charge in [-0.3, -0.25) is 4.79 Å². The van der Waals surface area contributed by atoms with Crippen LogP contribution in [0.5, 0.6) is 0 Å². The summed E-state index contributed by atoms with van der Waals surface area (Å²) in [6.45, 7) is 6.32. The van der Waals surface area contributed by atoms with E-state index in [0.717, 1.165) is 17.2 Å². The van der Waals surface area contributed by atoms with E-state index in [1.165, 1.54) is 12.1 Å². The van der Waals surface area contributed by atoms with E-state index in [0.29, 0.717) is 0 Å². The van der Waals surface area contributed by atoms with Crippen molar-refractivity contribution < 1.29 is 13.6 Å². The summed E-state index contributed by atoms with van der Waals surface area (Å²) in [6, 6.07) is 11.3. The number of hydrogen-bond donors (Lipinski definition) is 0. The van der Waals surface area contributed by atoms with E-state index >= 15 is 0 Å². The molecule has 0 aliphatic rings. The SMILES string of the molecule is CC(C)(C)c1ccc(CC(=O)c2cccc(F)c2F)cc1. The highest BCUT2D eigenvalue weighted by Gasteiger charge is 2.16. The highest BCUT2D eigenvalue weighted by atomic mass is 19.2. The summed E-state index contributed by atoms with van der Waals surface area (Å²) in [6.07, 6.45) is 0.0603. The number of rotatable bonds is 3. The van der Waals surface area contributed by atoms with Gasteiger partial charge in [0.25, 0.3) is 0 Å². The van der Waals surface area contributed by atoms with Gasteiger partial charge >= 0.3 is 0 Å². The molecule has 0 aliphatic heterocycles. The molecule has 0 aliphatic carbocycles. The van der Waals surface area contributed by atoms with Crippen LogP contribution in [0.1, 0.15) is 42.3 Å². The Labute approximate surface area is 123 Å². The Bertz CT molecular complexity index is 652. The molecular weight excluding hydrogens is 270 g/mol. The van der Waals surface area contributed by atoms with Crippen molar-refractivity contribution in [3.8, 4) is 0 Å². The van der Waals surface area contributed by atoms with E-state index in [-0.39, 0.29) is 17.4 Å².